The van der Waals surface area contributed by atoms with Gasteiger partial charge in [-0.3, -0.25) is 9.59 Å². The monoisotopic (exact) mass is 296 g/mol. The minimum atomic E-state index is -0.930. The van der Waals surface area contributed by atoms with Crippen LogP contribution in [0.15, 0.2) is 23.3 Å². The fourth-order valence-electron chi connectivity index (χ4n) is 2.81. The number of hydrogen-bond acceptors (Lipinski definition) is 5. The van der Waals surface area contributed by atoms with E-state index in [1.54, 1.807) is 19.9 Å². The third kappa shape index (κ3) is 4.17. The minimum absolute atomic E-state index is 0.0527. The summed E-state index contributed by atoms with van der Waals surface area (Å²) in [6, 6.07) is 0. The molecule has 5 nitrogen and oxygen atoms in total. The van der Waals surface area contributed by atoms with Gasteiger partial charge in [0.1, 0.15) is 0 Å². The Bertz CT molecular complexity index is 418. The van der Waals surface area contributed by atoms with E-state index in [9.17, 15) is 9.59 Å². The van der Waals surface area contributed by atoms with Gasteiger partial charge in [0.05, 0.1) is 19.8 Å². The van der Waals surface area contributed by atoms with Crippen LogP contribution in [0.25, 0.3) is 0 Å². The number of carbonyl (C=O) groups excluding carboxylic acids is 2. The summed E-state index contributed by atoms with van der Waals surface area (Å²) in [5.74, 6) is -2.25. The molecular weight excluding hydrogens is 272 g/mol. The summed E-state index contributed by atoms with van der Waals surface area (Å²) in [7, 11) is 0. The van der Waals surface area contributed by atoms with E-state index in [-0.39, 0.29) is 25.7 Å². The quantitative estimate of drug-likeness (QED) is 0.599. The average molecular weight is 296 g/mol. The van der Waals surface area contributed by atoms with E-state index in [1.165, 1.54) is 0 Å². The zero-order valence-corrected chi connectivity index (χ0v) is 12.9. The number of esters is 2. The van der Waals surface area contributed by atoms with Crippen molar-refractivity contribution in [1.82, 2.24) is 0 Å². The van der Waals surface area contributed by atoms with Crippen LogP contribution >= 0.6 is 0 Å². The molecule has 0 bridgehead atoms. The summed E-state index contributed by atoms with van der Waals surface area (Å²) in [5.41, 5.74) is 1.92. The second-order valence-electron chi connectivity index (χ2n) is 4.78. The first-order chi connectivity index (χ1) is 10.1. The average Bonchev–Trinajstić information content (AvgIpc) is 2.83. The smallest absolute Gasteiger partial charge is 0.320 e. The highest BCUT2D eigenvalue weighted by Gasteiger charge is 2.42. The lowest BCUT2D eigenvalue weighted by atomic mass is 9.86. The van der Waals surface area contributed by atoms with Gasteiger partial charge in [-0.25, -0.2) is 0 Å². The van der Waals surface area contributed by atoms with Gasteiger partial charge in [-0.1, -0.05) is 12.2 Å². The van der Waals surface area contributed by atoms with Gasteiger partial charge in [0.25, 0.3) is 0 Å². The van der Waals surface area contributed by atoms with E-state index in [0.717, 1.165) is 17.6 Å². The fourth-order valence-corrected chi connectivity index (χ4v) is 2.81. The number of aliphatic hydroxyl groups is 1. The number of carbonyl (C=O) groups is 2. The topological polar surface area (TPSA) is 72.8 Å². The van der Waals surface area contributed by atoms with Gasteiger partial charge in [0.15, 0.2) is 5.92 Å². The largest absolute Gasteiger partial charge is 0.465 e. The van der Waals surface area contributed by atoms with Crippen molar-refractivity contribution in [2.24, 2.45) is 11.8 Å². The maximum atomic E-state index is 12.2. The van der Waals surface area contributed by atoms with Crippen molar-refractivity contribution in [2.75, 3.05) is 19.8 Å². The number of ether oxygens (including phenoxy) is 2. The predicted octanol–water partition coefficient (Wildman–Crippen LogP) is 2.00. The Morgan fingerprint density at radius 1 is 1.29 bits per heavy atom. The van der Waals surface area contributed by atoms with Crippen LogP contribution in [0.3, 0.4) is 0 Å². The molecule has 0 spiro atoms. The molecule has 118 valence electrons. The molecule has 1 aliphatic carbocycles. The van der Waals surface area contributed by atoms with Gasteiger partial charge in [-0.2, -0.15) is 0 Å². The fraction of sp³-hybridized carbons (Fsp3) is 0.625. The lowest BCUT2D eigenvalue weighted by Crippen LogP contribution is -2.34. The molecule has 5 heteroatoms. The molecule has 0 amide bonds. The van der Waals surface area contributed by atoms with Crippen LogP contribution in [0.1, 0.15) is 33.6 Å². The maximum absolute atomic E-state index is 12.2. The Balaban J connectivity index is 3.06. The number of hydrogen-bond donors (Lipinski definition) is 1. The normalized spacial score (nSPS) is 22.0. The van der Waals surface area contributed by atoms with Gasteiger partial charge in [-0.15, -0.1) is 0 Å². The molecule has 0 saturated heterocycles. The molecule has 1 fully saturated rings. The summed E-state index contributed by atoms with van der Waals surface area (Å²) in [5, 5.41) is 9.06. The zero-order chi connectivity index (χ0) is 15.8. The van der Waals surface area contributed by atoms with Gasteiger partial charge in [-0.05, 0) is 44.8 Å². The van der Waals surface area contributed by atoms with Crippen molar-refractivity contribution >= 4 is 11.9 Å². The highest BCUT2D eigenvalue weighted by Crippen LogP contribution is 2.41. The van der Waals surface area contributed by atoms with Crippen LogP contribution in [0.2, 0.25) is 0 Å². The lowest BCUT2D eigenvalue weighted by molar-refractivity contribution is -0.163. The number of aliphatic hydroxyl groups excluding tert-OH is 1. The van der Waals surface area contributed by atoms with E-state index in [1.807, 2.05) is 13.0 Å². The molecule has 0 aromatic rings. The Hall–Kier alpha value is -1.62. The molecule has 0 heterocycles. The molecule has 0 aromatic carbocycles. The van der Waals surface area contributed by atoms with E-state index in [4.69, 9.17) is 14.6 Å². The summed E-state index contributed by atoms with van der Waals surface area (Å²) >= 11 is 0. The summed E-state index contributed by atoms with van der Waals surface area (Å²) in [4.78, 5) is 24.3. The highest BCUT2D eigenvalue weighted by molar-refractivity contribution is 5.96. The Labute approximate surface area is 125 Å². The standard InChI is InChI=1S/C16H24O5/c1-4-12-11(9-10-17)7-8-13(12)14(15(18)20-5-2)16(19)21-6-3/h4,9,13-14,17H,5-8,10H2,1-3H3/b11-9-,12-4+. The molecule has 0 radical (unpaired) electrons. The number of rotatable bonds is 6. The van der Waals surface area contributed by atoms with Crippen LogP contribution in [0, 0.1) is 11.8 Å². The molecule has 21 heavy (non-hydrogen) atoms. The molecule has 1 unspecified atom stereocenters. The van der Waals surface area contributed by atoms with Crippen molar-refractivity contribution in [3.8, 4) is 0 Å². The maximum Gasteiger partial charge on any atom is 0.320 e. The molecule has 1 saturated carbocycles. The Morgan fingerprint density at radius 3 is 2.29 bits per heavy atom. The molecule has 1 N–H and O–H groups in total. The first-order valence-corrected chi connectivity index (χ1v) is 7.40. The number of allylic oxidation sites excluding steroid dienone is 3. The van der Waals surface area contributed by atoms with Crippen LogP contribution in [-0.2, 0) is 19.1 Å². The highest BCUT2D eigenvalue weighted by atomic mass is 16.6. The summed E-state index contributed by atoms with van der Waals surface area (Å²) in [6.07, 6.45) is 5.03. The van der Waals surface area contributed by atoms with Crippen molar-refractivity contribution in [3.05, 3.63) is 23.3 Å². The SMILES string of the molecule is C/C=C1\C(=C/CO)CCC1C(C(=O)OCC)C(=O)OCC. The van der Waals surface area contributed by atoms with E-state index in [0.29, 0.717) is 6.42 Å². The van der Waals surface area contributed by atoms with Gasteiger partial charge in [0.2, 0.25) is 0 Å². The van der Waals surface area contributed by atoms with Crippen molar-refractivity contribution in [2.45, 2.75) is 33.6 Å². The van der Waals surface area contributed by atoms with Gasteiger partial charge in [0, 0.05) is 5.92 Å². The minimum Gasteiger partial charge on any atom is -0.465 e. The van der Waals surface area contributed by atoms with E-state index in [2.05, 4.69) is 0 Å². The molecule has 0 aliphatic heterocycles. The first kappa shape index (κ1) is 17.4. The third-order valence-corrected chi connectivity index (χ3v) is 3.63. The Morgan fingerprint density at radius 2 is 1.86 bits per heavy atom. The second kappa shape index (κ2) is 8.62. The van der Waals surface area contributed by atoms with Crippen molar-refractivity contribution in [1.29, 1.82) is 0 Å². The zero-order valence-electron chi connectivity index (χ0n) is 12.9. The van der Waals surface area contributed by atoms with Crippen molar-refractivity contribution in [3.63, 3.8) is 0 Å². The van der Waals surface area contributed by atoms with Crippen LogP contribution in [0.4, 0.5) is 0 Å². The summed E-state index contributed by atoms with van der Waals surface area (Å²) < 4.78 is 10.1. The first-order valence-electron chi connectivity index (χ1n) is 7.40. The molecular formula is C16H24O5. The van der Waals surface area contributed by atoms with E-state index < -0.39 is 17.9 Å². The van der Waals surface area contributed by atoms with Crippen molar-refractivity contribution < 1.29 is 24.2 Å². The molecule has 0 aromatic heterocycles. The third-order valence-electron chi connectivity index (χ3n) is 3.63. The van der Waals surface area contributed by atoms with Crippen LogP contribution in [-0.4, -0.2) is 36.9 Å². The van der Waals surface area contributed by atoms with Gasteiger partial charge >= 0.3 is 11.9 Å². The predicted molar refractivity (Wildman–Crippen MR) is 78.4 cm³/mol. The molecule has 1 atom stereocenters. The lowest BCUT2D eigenvalue weighted by Gasteiger charge is -2.21. The molecule has 1 aliphatic rings. The summed E-state index contributed by atoms with van der Waals surface area (Å²) in [6.45, 7) is 5.69. The van der Waals surface area contributed by atoms with Gasteiger partial charge < -0.3 is 14.6 Å². The Kier molecular flexibility index (Phi) is 7.15. The van der Waals surface area contributed by atoms with Crippen LogP contribution < -0.4 is 0 Å². The van der Waals surface area contributed by atoms with E-state index >= 15 is 0 Å². The second-order valence-corrected chi connectivity index (χ2v) is 4.78. The van der Waals surface area contributed by atoms with Crippen LogP contribution in [0.5, 0.6) is 0 Å². The molecule has 1 rings (SSSR count).